The summed E-state index contributed by atoms with van der Waals surface area (Å²) in [6.07, 6.45) is -2.78. The van der Waals surface area contributed by atoms with Gasteiger partial charge < -0.3 is 15.3 Å². The molecule has 4 heteroatoms. The zero-order chi connectivity index (χ0) is 8.43. The highest BCUT2D eigenvalue weighted by Crippen LogP contribution is 2.15. The second-order valence-corrected chi connectivity index (χ2v) is 2.91. The predicted molar refractivity (Wildman–Crippen MR) is 36.9 cm³/mol. The number of aliphatic hydroxyl groups is 3. The summed E-state index contributed by atoms with van der Waals surface area (Å²) in [5.41, 5.74) is 0. The van der Waals surface area contributed by atoms with Crippen LogP contribution in [0.15, 0.2) is 0 Å². The molecule has 1 saturated carbocycles. The molecule has 64 valence electrons. The molecule has 0 aromatic heterocycles. The van der Waals surface area contributed by atoms with E-state index in [0.717, 1.165) is 0 Å². The molecule has 0 spiro atoms. The number of Topliss-reactive ketones (excluding diaryl/α,β-unsaturated/α-hetero) is 1. The van der Waals surface area contributed by atoms with E-state index in [1.165, 1.54) is 0 Å². The zero-order valence-electron chi connectivity index (χ0n) is 6.10. The topological polar surface area (TPSA) is 77.8 Å². The van der Waals surface area contributed by atoms with E-state index in [2.05, 4.69) is 0 Å². The van der Waals surface area contributed by atoms with E-state index in [0.29, 0.717) is 0 Å². The van der Waals surface area contributed by atoms with Crippen molar-refractivity contribution in [3.8, 4) is 0 Å². The average molecular weight is 160 g/mol. The van der Waals surface area contributed by atoms with E-state index in [9.17, 15) is 4.79 Å². The van der Waals surface area contributed by atoms with Crippen LogP contribution < -0.4 is 0 Å². The molecular weight excluding hydrogens is 148 g/mol. The highest BCUT2D eigenvalue weighted by Gasteiger charge is 2.30. The van der Waals surface area contributed by atoms with Crippen molar-refractivity contribution in [3.63, 3.8) is 0 Å². The van der Waals surface area contributed by atoms with E-state index < -0.39 is 18.3 Å². The molecule has 1 aliphatic rings. The molecule has 0 aliphatic heterocycles. The van der Waals surface area contributed by atoms with Crippen molar-refractivity contribution in [1.82, 2.24) is 0 Å². The molecule has 4 nitrogen and oxygen atoms in total. The van der Waals surface area contributed by atoms with Crippen LogP contribution in [0.25, 0.3) is 0 Å². The lowest BCUT2D eigenvalue weighted by Crippen LogP contribution is -2.35. The third kappa shape index (κ3) is 1.99. The van der Waals surface area contributed by atoms with Crippen molar-refractivity contribution >= 4 is 5.78 Å². The Morgan fingerprint density at radius 2 is 1.82 bits per heavy atom. The second-order valence-electron chi connectivity index (χ2n) is 2.91. The first-order valence-electron chi connectivity index (χ1n) is 3.67. The number of rotatable bonds is 0. The largest absolute Gasteiger partial charge is 0.390 e. The van der Waals surface area contributed by atoms with Gasteiger partial charge in [0.05, 0.1) is 12.2 Å². The van der Waals surface area contributed by atoms with Crippen LogP contribution in [0.3, 0.4) is 0 Å². The maximum Gasteiger partial charge on any atom is 0.135 e. The van der Waals surface area contributed by atoms with E-state index in [4.69, 9.17) is 15.3 Å². The van der Waals surface area contributed by atoms with Gasteiger partial charge in [0, 0.05) is 12.8 Å². The SMILES string of the molecule is O=C1CC[C@@H](O)C(O)[C@H](O)C1. The first-order chi connectivity index (χ1) is 5.11. The molecule has 1 fully saturated rings. The fourth-order valence-corrected chi connectivity index (χ4v) is 1.19. The fraction of sp³-hybridized carbons (Fsp3) is 0.857. The van der Waals surface area contributed by atoms with Crippen LogP contribution in [0.4, 0.5) is 0 Å². The van der Waals surface area contributed by atoms with Gasteiger partial charge in [-0.3, -0.25) is 4.79 Å². The molecule has 0 aromatic carbocycles. The van der Waals surface area contributed by atoms with Gasteiger partial charge in [0.1, 0.15) is 11.9 Å². The molecule has 0 saturated heterocycles. The molecule has 0 aromatic rings. The van der Waals surface area contributed by atoms with Gasteiger partial charge >= 0.3 is 0 Å². The third-order valence-electron chi connectivity index (χ3n) is 1.94. The van der Waals surface area contributed by atoms with Crippen molar-refractivity contribution in [3.05, 3.63) is 0 Å². The Hall–Kier alpha value is -0.450. The van der Waals surface area contributed by atoms with Crippen LogP contribution in [0.1, 0.15) is 19.3 Å². The quantitative estimate of drug-likeness (QED) is 0.390. The molecular formula is C7H12O4. The molecule has 3 atom stereocenters. The van der Waals surface area contributed by atoms with Crippen LogP contribution >= 0.6 is 0 Å². The molecule has 1 rings (SSSR count). The molecule has 0 bridgehead atoms. The summed E-state index contributed by atoms with van der Waals surface area (Å²) < 4.78 is 0. The van der Waals surface area contributed by atoms with Crippen LogP contribution in [-0.2, 0) is 4.79 Å². The Morgan fingerprint density at radius 1 is 1.18 bits per heavy atom. The van der Waals surface area contributed by atoms with Crippen molar-refractivity contribution in [2.45, 2.75) is 37.6 Å². The number of hydrogen-bond acceptors (Lipinski definition) is 4. The van der Waals surface area contributed by atoms with Gasteiger partial charge in [0.15, 0.2) is 0 Å². The Labute approximate surface area is 64.5 Å². The molecule has 0 radical (unpaired) electrons. The van der Waals surface area contributed by atoms with Crippen LogP contribution in [0.5, 0.6) is 0 Å². The van der Waals surface area contributed by atoms with Crippen LogP contribution in [0, 0.1) is 0 Å². The number of ketones is 1. The number of carbonyl (C=O) groups is 1. The van der Waals surface area contributed by atoms with E-state index >= 15 is 0 Å². The summed E-state index contributed by atoms with van der Waals surface area (Å²) in [4.78, 5) is 10.8. The number of carbonyl (C=O) groups excluding carboxylic acids is 1. The molecule has 1 unspecified atom stereocenters. The minimum Gasteiger partial charge on any atom is -0.390 e. The van der Waals surface area contributed by atoms with Crippen molar-refractivity contribution in [1.29, 1.82) is 0 Å². The van der Waals surface area contributed by atoms with Gasteiger partial charge in [-0.05, 0) is 6.42 Å². The van der Waals surface area contributed by atoms with Gasteiger partial charge in [-0.25, -0.2) is 0 Å². The third-order valence-corrected chi connectivity index (χ3v) is 1.94. The Kier molecular flexibility index (Phi) is 2.59. The Balaban J connectivity index is 2.61. The van der Waals surface area contributed by atoms with Crippen LogP contribution in [0.2, 0.25) is 0 Å². The smallest absolute Gasteiger partial charge is 0.135 e. The fourth-order valence-electron chi connectivity index (χ4n) is 1.19. The standard InChI is InChI=1S/C7H12O4/c8-4-1-2-5(9)7(11)6(10)3-4/h5-7,9-11H,1-3H2/t5-,6-,7?/m1/s1. The van der Waals surface area contributed by atoms with Crippen LogP contribution in [-0.4, -0.2) is 39.4 Å². The van der Waals surface area contributed by atoms with Crippen molar-refractivity contribution < 1.29 is 20.1 Å². The van der Waals surface area contributed by atoms with Crippen molar-refractivity contribution in [2.75, 3.05) is 0 Å². The Bertz CT molecular complexity index is 157. The van der Waals surface area contributed by atoms with Gasteiger partial charge in [0.25, 0.3) is 0 Å². The lowest BCUT2D eigenvalue weighted by Gasteiger charge is -2.17. The summed E-state index contributed by atoms with van der Waals surface area (Å²) in [5.74, 6) is -0.104. The summed E-state index contributed by atoms with van der Waals surface area (Å²) in [7, 11) is 0. The Morgan fingerprint density at radius 3 is 2.45 bits per heavy atom. The minimum absolute atomic E-state index is 0.0434. The summed E-state index contributed by atoms with van der Waals surface area (Å²) in [5, 5.41) is 27.2. The first-order valence-corrected chi connectivity index (χ1v) is 3.67. The first kappa shape index (κ1) is 8.64. The maximum absolute atomic E-state index is 10.8. The summed E-state index contributed by atoms with van der Waals surface area (Å²) >= 11 is 0. The van der Waals surface area contributed by atoms with Gasteiger partial charge in [0.2, 0.25) is 0 Å². The molecule has 1 aliphatic carbocycles. The zero-order valence-corrected chi connectivity index (χ0v) is 6.10. The second kappa shape index (κ2) is 3.30. The monoisotopic (exact) mass is 160 g/mol. The maximum atomic E-state index is 10.8. The summed E-state index contributed by atoms with van der Waals surface area (Å²) in [6.45, 7) is 0. The molecule has 11 heavy (non-hydrogen) atoms. The minimum atomic E-state index is -1.17. The lowest BCUT2D eigenvalue weighted by molar-refractivity contribution is -0.121. The summed E-state index contributed by atoms with van der Waals surface area (Å²) in [6, 6.07) is 0. The van der Waals surface area contributed by atoms with E-state index in [-0.39, 0.29) is 25.0 Å². The highest BCUT2D eigenvalue weighted by atomic mass is 16.4. The van der Waals surface area contributed by atoms with E-state index in [1.807, 2.05) is 0 Å². The average Bonchev–Trinajstić information content (AvgIpc) is 2.05. The highest BCUT2D eigenvalue weighted by molar-refractivity contribution is 5.79. The lowest BCUT2D eigenvalue weighted by atomic mass is 10.1. The van der Waals surface area contributed by atoms with Gasteiger partial charge in [-0.2, -0.15) is 0 Å². The van der Waals surface area contributed by atoms with Gasteiger partial charge in [-0.15, -0.1) is 0 Å². The predicted octanol–water partition coefficient (Wildman–Crippen LogP) is -1.18. The number of hydrogen-bond donors (Lipinski definition) is 3. The molecule has 0 heterocycles. The normalized spacial score (nSPS) is 40.3. The molecule has 0 amide bonds. The van der Waals surface area contributed by atoms with Gasteiger partial charge in [-0.1, -0.05) is 0 Å². The number of aliphatic hydroxyl groups excluding tert-OH is 3. The molecule has 3 N–H and O–H groups in total. The van der Waals surface area contributed by atoms with Crippen molar-refractivity contribution in [2.24, 2.45) is 0 Å². The van der Waals surface area contributed by atoms with E-state index in [1.54, 1.807) is 0 Å².